The summed E-state index contributed by atoms with van der Waals surface area (Å²) < 4.78 is 11.3. The van der Waals surface area contributed by atoms with Gasteiger partial charge in [0, 0.05) is 25.7 Å². The largest absolute Gasteiger partial charge is 0.379 e. The van der Waals surface area contributed by atoms with Crippen LogP contribution in [0.4, 0.5) is 0 Å². The number of likely N-dealkylation sites (N-methyl/N-ethyl adjacent to an activating group) is 1. The normalized spacial score (nSPS) is 30.7. The molecule has 2 aliphatic heterocycles. The number of carbonyl (C=O) groups excluding carboxylic acids is 1. The highest BCUT2D eigenvalue weighted by atomic mass is 16.5. The van der Waals surface area contributed by atoms with E-state index in [1.807, 2.05) is 4.90 Å². The molecule has 0 aromatic carbocycles. The molecule has 0 bridgehead atoms. The van der Waals surface area contributed by atoms with Gasteiger partial charge in [0.1, 0.15) is 0 Å². The molecule has 2 saturated heterocycles. The van der Waals surface area contributed by atoms with E-state index in [0.29, 0.717) is 13.2 Å². The first-order valence-corrected chi connectivity index (χ1v) is 7.97. The molecule has 1 N–H and O–H groups in total. The predicted molar refractivity (Wildman–Crippen MR) is 77.6 cm³/mol. The number of nitrogens with zero attached hydrogens (tertiary/aromatic N) is 1. The molecule has 5 heteroatoms. The standard InChI is InChI=1S/C15H28N2O3/c1-3-8-20-12-6-5-7-17(9-12)15(18)13-10-19-11-14(13)16-4-2/h12-14,16H,3-11H2,1-2H3. The summed E-state index contributed by atoms with van der Waals surface area (Å²) in [6.45, 7) is 8.65. The Morgan fingerprint density at radius 2 is 2.25 bits per heavy atom. The molecular weight excluding hydrogens is 256 g/mol. The molecule has 0 aromatic heterocycles. The zero-order valence-electron chi connectivity index (χ0n) is 12.8. The summed E-state index contributed by atoms with van der Waals surface area (Å²) in [5.74, 6) is 0.207. The molecule has 1 amide bonds. The number of carbonyl (C=O) groups is 1. The lowest BCUT2D eigenvalue weighted by molar-refractivity contribution is -0.140. The fourth-order valence-corrected chi connectivity index (χ4v) is 3.05. The van der Waals surface area contributed by atoms with E-state index in [-0.39, 0.29) is 24.0 Å². The van der Waals surface area contributed by atoms with Crippen LogP contribution in [0.1, 0.15) is 33.1 Å². The molecule has 116 valence electrons. The van der Waals surface area contributed by atoms with Crippen LogP contribution in [0.5, 0.6) is 0 Å². The van der Waals surface area contributed by atoms with Crippen LogP contribution in [0.3, 0.4) is 0 Å². The zero-order valence-corrected chi connectivity index (χ0v) is 12.8. The van der Waals surface area contributed by atoms with Crippen LogP contribution in [0.25, 0.3) is 0 Å². The molecule has 0 aliphatic carbocycles. The molecule has 20 heavy (non-hydrogen) atoms. The summed E-state index contributed by atoms with van der Waals surface area (Å²) in [5.41, 5.74) is 0. The van der Waals surface area contributed by atoms with Crippen LogP contribution < -0.4 is 5.32 Å². The van der Waals surface area contributed by atoms with E-state index < -0.39 is 0 Å². The van der Waals surface area contributed by atoms with Crippen molar-refractivity contribution in [2.45, 2.75) is 45.3 Å². The molecule has 2 fully saturated rings. The molecule has 0 saturated carbocycles. The Morgan fingerprint density at radius 1 is 1.40 bits per heavy atom. The topological polar surface area (TPSA) is 50.8 Å². The molecular formula is C15H28N2O3. The fraction of sp³-hybridized carbons (Fsp3) is 0.933. The van der Waals surface area contributed by atoms with Crippen molar-refractivity contribution in [3.63, 3.8) is 0 Å². The minimum Gasteiger partial charge on any atom is -0.379 e. The molecule has 5 nitrogen and oxygen atoms in total. The number of hydrogen-bond donors (Lipinski definition) is 1. The average molecular weight is 284 g/mol. The second kappa shape index (κ2) is 7.96. The van der Waals surface area contributed by atoms with E-state index in [9.17, 15) is 4.79 Å². The van der Waals surface area contributed by atoms with Crippen LogP contribution in [-0.2, 0) is 14.3 Å². The quantitative estimate of drug-likeness (QED) is 0.791. The van der Waals surface area contributed by atoms with Gasteiger partial charge in [-0.05, 0) is 25.8 Å². The van der Waals surface area contributed by atoms with Gasteiger partial charge >= 0.3 is 0 Å². The minimum atomic E-state index is -0.0279. The molecule has 0 radical (unpaired) electrons. The van der Waals surface area contributed by atoms with Crippen molar-refractivity contribution in [3.05, 3.63) is 0 Å². The molecule has 2 heterocycles. The molecule has 2 aliphatic rings. The third kappa shape index (κ3) is 3.93. The average Bonchev–Trinajstić information content (AvgIpc) is 2.93. The number of amides is 1. The van der Waals surface area contributed by atoms with Gasteiger partial charge in [-0.3, -0.25) is 4.79 Å². The number of rotatable bonds is 6. The summed E-state index contributed by atoms with van der Waals surface area (Å²) in [5, 5.41) is 3.36. The lowest BCUT2D eigenvalue weighted by atomic mass is 9.99. The number of ether oxygens (including phenoxy) is 2. The van der Waals surface area contributed by atoms with Crippen LogP contribution in [0.15, 0.2) is 0 Å². The van der Waals surface area contributed by atoms with E-state index in [2.05, 4.69) is 19.2 Å². The van der Waals surface area contributed by atoms with Crippen molar-refractivity contribution in [2.75, 3.05) is 39.5 Å². The minimum absolute atomic E-state index is 0.0279. The van der Waals surface area contributed by atoms with E-state index in [1.54, 1.807) is 0 Å². The van der Waals surface area contributed by atoms with Crippen LogP contribution in [-0.4, -0.2) is 62.4 Å². The Kier molecular flexibility index (Phi) is 6.26. The number of hydrogen-bond acceptors (Lipinski definition) is 4. The monoisotopic (exact) mass is 284 g/mol. The lowest BCUT2D eigenvalue weighted by Gasteiger charge is -2.35. The van der Waals surface area contributed by atoms with Crippen LogP contribution in [0.2, 0.25) is 0 Å². The molecule has 3 unspecified atom stereocenters. The van der Waals surface area contributed by atoms with E-state index >= 15 is 0 Å². The summed E-state index contributed by atoms with van der Waals surface area (Å²) in [6, 6.07) is 0.171. The smallest absolute Gasteiger partial charge is 0.229 e. The third-order valence-corrected chi connectivity index (χ3v) is 4.11. The summed E-state index contributed by atoms with van der Waals surface area (Å²) in [7, 11) is 0. The first kappa shape index (κ1) is 15.7. The molecule has 0 spiro atoms. The Labute approximate surface area is 122 Å². The molecule has 2 rings (SSSR count). The molecule has 0 aromatic rings. The van der Waals surface area contributed by atoms with Crippen LogP contribution in [0, 0.1) is 5.92 Å². The van der Waals surface area contributed by atoms with Crippen molar-refractivity contribution >= 4 is 5.91 Å². The first-order valence-electron chi connectivity index (χ1n) is 7.97. The predicted octanol–water partition coefficient (Wildman–Crippen LogP) is 1.03. The fourth-order valence-electron chi connectivity index (χ4n) is 3.05. The van der Waals surface area contributed by atoms with Gasteiger partial charge < -0.3 is 19.7 Å². The van der Waals surface area contributed by atoms with E-state index in [0.717, 1.165) is 45.5 Å². The highest BCUT2D eigenvalue weighted by molar-refractivity contribution is 5.80. The van der Waals surface area contributed by atoms with Gasteiger partial charge in [-0.2, -0.15) is 0 Å². The first-order chi connectivity index (χ1) is 9.76. The van der Waals surface area contributed by atoms with Gasteiger partial charge in [-0.25, -0.2) is 0 Å². The SMILES string of the molecule is CCCOC1CCCN(C(=O)C2COCC2NCC)C1. The molecule has 3 atom stereocenters. The lowest BCUT2D eigenvalue weighted by Crippen LogP contribution is -2.50. The van der Waals surface area contributed by atoms with Gasteiger partial charge in [0.05, 0.1) is 25.2 Å². The number of nitrogens with one attached hydrogen (secondary N) is 1. The van der Waals surface area contributed by atoms with Crippen molar-refractivity contribution in [1.29, 1.82) is 0 Å². The summed E-state index contributed by atoms with van der Waals surface area (Å²) in [4.78, 5) is 14.6. The van der Waals surface area contributed by atoms with Gasteiger partial charge in [0.15, 0.2) is 0 Å². The highest BCUT2D eigenvalue weighted by Crippen LogP contribution is 2.21. The Morgan fingerprint density at radius 3 is 3.00 bits per heavy atom. The maximum Gasteiger partial charge on any atom is 0.229 e. The Bertz CT molecular complexity index is 311. The van der Waals surface area contributed by atoms with Crippen molar-refractivity contribution in [2.24, 2.45) is 5.92 Å². The van der Waals surface area contributed by atoms with Crippen LogP contribution >= 0.6 is 0 Å². The van der Waals surface area contributed by atoms with Gasteiger partial charge in [-0.15, -0.1) is 0 Å². The zero-order chi connectivity index (χ0) is 14.4. The maximum absolute atomic E-state index is 12.7. The number of piperidine rings is 1. The highest BCUT2D eigenvalue weighted by Gasteiger charge is 2.37. The second-order valence-corrected chi connectivity index (χ2v) is 5.73. The second-order valence-electron chi connectivity index (χ2n) is 5.73. The number of likely N-dealkylation sites (tertiary alicyclic amines) is 1. The van der Waals surface area contributed by atoms with Gasteiger partial charge in [-0.1, -0.05) is 13.8 Å². The maximum atomic E-state index is 12.7. The van der Waals surface area contributed by atoms with Crippen molar-refractivity contribution < 1.29 is 14.3 Å². The van der Waals surface area contributed by atoms with E-state index in [4.69, 9.17) is 9.47 Å². The van der Waals surface area contributed by atoms with E-state index in [1.165, 1.54) is 0 Å². The Balaban J connectivity index is 1.87. The van der Waals surface area contributed by atoms with Gasteiger partial charge in [0.2, 0.25) is 5.91 Å². The van der Waals surface area contributed by atoms with Crippen molar-refractivity contribution in [1.82, 2.24) is 10.2 Å². The van der Waals surface area contributed by atoms with Gasteiger partial charge in [0.25, 0.3) is 0 Å². The Hall–Kier alpha value is -0.650. The van der Waals surface area contributed by atoms with Crippen molar-refractivity contribution in [3.8, 4) is 0 Å². The summed E-state index contributed by atoms with van der Waals surface area (Å²) in [6.07, 6.45) is 3.36. The third-order valence-electron chi connectivity index (χ3n) is 4.11. The summed E-state index contributed by atoms with van der Waals surface area (Å²) >= 11 is 0.